The van der Waals surface area contributed by atoms with Gasteiger partial charge in [0.25, 0.3) is 0 Å². The van der Waals surface area contributed by atoms with Gasteiger partial charge in [-0.15, -0.1) is 11.8 Å². The molecule has 22 heavy (non-hydrogen) atoms. The molecule has 3 saturated heterocycles. The second kappa shape index (κ2) is 5.23. The van der Waals surface area contributed by atoms with Crippen molar-refractivity contribution in [3.05, 3.63) is 30.3 Å². The van der Waals surface area contributed by atoms with Crippen LogP contribution in [0.25, 0.3) is 0 Å². The van der Waals surface area contributed by atoms with Crippen LogP contribution < -0.4 is 0 Å². The molecule has 0 amide bonds. The molecule has 5 nitrogen and oxygen atoms in total. The SMILES string of the molecule is CC1(C)O[C@@H]2[C@H](O1)[C@H]1COC(=O)C(Sc3ccccc3)[C@@H]2O1. The molecule has 1 aromatic carbocycles. The first-order chi connectivity index (χ1) is 10.5. The van der Waals surface area contributed by atoms with Crippen LogP contribution >= 0.6 is 11.8 Å². The predicted molar refractivity (Wildman–Crippen MR) is 79.5 cm³/mol. The van der Waals surface area contributed by atoms with E-state index in [9.17, 15) is 4.79 Å². The highest BCUT2D eigenvalue weighted by Gasteiger charge is 2.60. The van der Waals surface area contributed by atoms with Gasteiger partial charge in [0.15, 0.2) is 5.79 Å². The summed E-state index contributed by atoms with van der Waals surface area (Å²) in [5, 5.41) is -0.445. The number of esters is 1. The fourth-order valence-corrected chi connectivity index (χ4v) is 4.36. The molecule has 4 rings (SSSR count). The number of ether oxygens (including phenoxy) is 4. The number of hydrogen-bond donors (Lipinski definition) is 0. The average Bonchev–Trinajstić information content (AvgIpc) is 2.90. The van der Waals surface area contributed by atoms with Crippen LogP contribution in [0.2, 0.25) is 0 Å². The largest absolute Gasteiger partial charge is 0.462 e. The zero-order chi connectivity index (χ0) is 15.3. The van der Waals surface area contributed by atoms with Crippen molar-refractivity contribution in [2.45, 2.75) is 54.2 Å². The number of rotatable bonds is 2. The third kappa shape index (κ3) is 2.44. The summed E-state index contributed by atoms with van der Waals surface area (Å²) in [7, 11) is 0. The Morgan fingerprint density at radius 3 is 2.59 bits per heavy atom. The van der Waals surface area contributed by atoms with E-state index in [1.54, 1.807) is 0 Å². The van der Waals surface area contributed by atoms with Crippen LogP contribution in [0.5, 0.6) is 0 Å². The maximum Gasteiger partial charge on any atom is 0.322 e. The first-order valence-corrected chi connectivity index (χ1v) is 8.31. The second-order valence-corrected chi connectivity index (χ2v) is 7.40. The Morgan fingerprint density at radius 1 is 1.09 bits per heavy atom. The Morgan fingerprint density at radius 2 is 1.82 bits per heavy atom. The van der Waals surface area contributed by atoms with E-state index >= 15 is 0 Å². The average molecular weight is 322 g/mol. The molecule has 1 unspecified atom stereocenters. The van der Waals surface area contributed by atoms with Crippen molar-refractivity contribution in [3.63, 3.8) is 0 Å². The van der Waals surface area contributed by atoms with E-state index in [1.165, 1.54) is 11.8 Å². The van der Waals surface area contributed by atoms with Crippen molar-refractivity contribution in [3.8, 4) is 0 Å². The van der Waals surface area contributed by atoms with Gasteiger partial charge in [-0.1, -0.05) is 18.2 Å². The Hall–Kier alpha value is -1.08. The van der Waals surface area contributed by atoms with Crippen LogP contribution in [-0.2, 0) is 23.7 Å². The van der Waals surface area contributed by atoms with Gasteiger partial charge in [0.2, 0.25) is 0 Å². The number of thioether (sulfide) groups is 1. The van der Waals surface area contributed by atoms with E-state index in [2.05, 4.69) is 0 Å². The molecule has 6 heteroatoms. The van der Waals surface area contributed by atoms with Crippen LogP contribution in [0, 0.1) is 0 Å². The molecular formula is C16H18O5S. The maximum atomic E-state index is 12.3. The van der Waals surface area contributed by atoms with Crippen LogP contribution in [0.1, 0.15) is 13.8 Å². The summed E-state index contributed by atoms with van der Waals surface area (Å²) < 4.78 is 23.3. The van der Waals surface area contributed by atoms with E-state index in [-0.39, 0.29) is 37.0 Å². The first kappa shape index (κ1) is 14.5. The summed E-state index contributed by atoms with van der Waals surface area (Å²) >= 11 is 1.46. The number of carbonyl (C=O) groups excluding carboxylic acids is 1. The van der Waals surface area contributed by atoms with Gasteiger partial charge in [-0.3, -0.25) is 4.79 Å². The molecule has 0 aromatic heterocycles. The minimum absolute atomic E-state index is 0.174. The molecule has 0 saturated carbocycles. The van der Waals surface area contributed by atoms with Crippen molar-refractivity contribution in [1.82, 2.24) is 0 Å². The highest BCUT2D eigenvalue weighted by molar-refractivity contribution is 8.00. The molecule has 3 fully saturated rings. The van der Waals surface area contributed by atoms with Gasteiger partial charge < -0.3 is 18.9 Å². The zero-order valence-electron chi connectivity index (χ0n) is 12.4. The number of carbonyl (C=O) groups is 1. The van der Waals surface area contributed by atoms with Gasteiger partial charge in [0.05, 0.1) is 0 Å². The summed E-state index contributed by atoms with van der Waals surface area (Å²) in [6.45, 7) is 4.00. The van der Waals surface area contributed by atoms with Gasteiger partial charge in [-0.05, 0) is 26.0 Å². The van der Waals surface area contributed by atoms with E-state index in [0.29, 0.717) is 0 Å². The van der Waals surface area contributed by atoms with Crippen molar-refractivity contribution in [2.24, 2.45) is 0 Å². The Labute approximate surface area is 133 Å². The summed E-state index contributed by atoms with van der Waals surface area (Å²) in [6.07, 6.45) is -1.000. The number of fused-ring (bicyclic) bond motifs is 5. The van der Waals surface area contributed by atoms with Crippen molar-refractivity contribution >= 4 is 17.7 Å². The zero-order valence-corrected chi connectivity index (χ0v) is 13.2. The molecule has 0 spiro atoms. The van der Waals surface area contributed by atoms with Crippen molar-refractivity contribution in [1.29, 1.82) is 0 Å². The fraction of sp³-hybridized carbons (Fsp3) is 0.562. The number of cyclic esters (lactones) is 1. The predicted octanol–water partition coefficient (Wildman–Crippen LogP) is 1.99. The van der Waals surface area contributed by atoms with E-state index < -0.39 is 11.0 Å². The minimum Gasteiger partial charge on any atom is -0.462 e. The van der Waals surface area contributed by atoms with Crippen molar-refractivity contribution < 1.29 is 23.7 Å². The third-order valence-corrected chi connectivity index (χ3v) is 5.37. The summed E-state index contributed by atoms with van der Waals surface area (Å²) in [5.74, 6) is -0.890. The highest BCUT2D eigenvalue weighted by atomic mass is 32.2. The molecule has 3 heterocycles. The molecule has 2 bridgehead atoms. The molecule has 0 N–H and O–H groups in total. The molecular weight excluding hydrogens is 304 g/mol. The lowest BCUT2D eigenvalue weighted by Gasteiger charge is -2.25. The first-order valence-electron chi connectivity index (χ1n) is 7.43. The van der Waals surface area contributed by atoms with Crippen LogP contribution in [0.4, 0.5) is 0 Å². The monoisotopic (exact) mass is 322 g/mol. The molecule has 0 radical (unpaired) electrons. The van der Waals surface area contributed by atoms with E-state index in [1.807, 2.05) is 44.2 Å². The maximum absolute atomic E-state index is 12.3. The summed E-state index contributed by atoms with van der Waals surface area (Å²) in [4.78, 5) is 13.3. The van der Waals surface area contributed by atoms with E-state index in [4.69, 9.17) is 18.9 Å². The third-order valence-electron chi connectivity index (χ3n) is 4.11. The van der Waals surface area contributed by atoms with Gasteiger partial charge >= 0.3 is 5.97 Å². The molecule has 0 aliphatic carbocycles. The topological polar surface area (TPSA) is 54.0 Å². The van der Waals surface area contributed by atoms with Crippen LogP contribution in [0.15, 0.2) is 35.2 Å². The molecule has 118 valence electrons. The fourth-order valence-electron chi connectivity index (χ4n) is 3.23. The van der Waals surface area contributed by atoms with Gasteiger partial charge in [-0.2, -0.15) is 0 Å². The number of benzene rings is 1. The molecule has 5 atom stereocenters. The van der Waals surface area contributed by atoms with Crippen LogP contribution in [0.3, 0.4) is 0 Å². The quantitative estimate of drug-likeness (QED) is 0.776. The van der Waals surface area contributed by atoms with Gasteiger partial charge in [0.1, 0.15) is 36.3 Å². The normalized spacial score (nSPS) is 39.2. The Kier molecular flexibility index (Phi) is 3.45. The van der Waals surface area contributed by atoms with Gasteiger partial charge in [-0.25, -0.2) is 0 Å². The summed E-state index contributed by atoms with van der Waals surface area (Å²) in [5.41, 5.74) is 0. The lowest BCUT2D eigenvalue weighted by molar-refractivity contribution is -0.185. The van der Waals surface area contributed by atoms with Gasteiger partial charge in [0, 0.05) is 4.90 Å². The lowest BCUT2D eigenvalue weighted by Crippen LogP contribution is -2.42. The smallest absolute Gasteiger partial charge is 0.322 e. The van der Waals surface area contributed by atoms with Crippen LogP contribution in [-0.4, -0.2) is 48.0 Å². The standard InChI is InChI=1S/C16H18O5S/c1-16(2)20-11-10-8-18-15(17)14(13(19-10)12(11)21-16)22-9-6-4-3-5-7-9/h3-7,10-14H,8H2,1-2H3/t10-,11-,12-,13-,14?/m1/s1. The summed E-state index contributed by atoms with van der Waals surface area (Å²) in [6, 6.07) is 9.79. The molecule has 1 aromatic rings. The minimum atomic E-state index is -0.648. The Bertz CT molecular complexity index is 575. The van der Waals surface area contributed by atoms with Crippen molar-refractivity contribution in [2.75, 3.05) is 6.61 Å². The molecule has 3 aliphatic heterocycles. The highest BCUT2D eigenvalue weighted by Crippen LogP contribution is 2.44. The number of hydrogen-bond acceptors (Lipinski definition) is 6. The van der Waals surface area contributed by atoms with E-state index in [0.717, 1.165) is 4.90 Å². The molecule has 3 aliphatic rings. The Balaban J connectivity index is 1.61. The lowest BCUT2D eigenvalue weighted by atomic mass is 10.0. The second-order valence-electron chi connectivity index (χ2n) is 6.19.